The van der Waals surface area contributed by atoms with Gasteiger partial charge in [0.15, 0.2) is 16.6 Å². The van der Waals surface area contributed by atoms with Crippen molar-refractivity contribution in [2.75, 3.05) is 7.11 Å². The molecule has 0 saturated heterocycles. The summed E-state index contributed by atoms with van der Waals surface area (Å²) in [6.07, 6.45) is 5.19. The third kappa shape index (κ3) is 5.41. The molecule has 1 aliphatic carbocycles. The highest BCUT2D eigenvalue weighted by molar-refractivity contribution is 6.74. The number of rotatable bonds is 5. The zero-order valence-electron chi connectivity index (χ0n) is 18.5. The van der Waals surface area contributed by atoms with Crippen molar-refractivity contribution >= 4 is 22.6 Å². The van der Waals surface area contributed by atoms with Gasteiger partial charge in [0.05, 0.1) is 24.9 Å². The summed E-state index contributed by atoms with van der Waals surface area (Å²) in [5, 5.41) is 0.184. The van der Waals surface area contributed by atoms with Gasteiger partial charge in [-0.3, -0.25) is 0 Å². The topological polar surface area (TPSA) is 44.8 Å². The Labute approximate surface area is 162 Å². The van der Waals surface area contributed by atoms with Gasteiger partial charge in [0.25, 0.3) is 0 Å². The molecule has 0 unspecified atom stereocenters. The van der Waals surface area contributed by atoms with Crippen LogP contribution in [0.5, 0.6) is 0 Å². The van der Waals surface area contributed by atoms with Crippen molar-refractivity contribution < 1.29 is 18.4 Å². The first kappa shape index (κ1) is 23.3. The first-order valence-corrected chi connectivity index (χ1v) is 15.2. The lowest BCUT2D eigenvalue weighted by atomic mass is 10.0. The Bertz CT molecular complexity index is 578. The maximum atomic E-state index is 12.0. The molecule has 1 rings (SSSR count). The molecule has 0 saturated carbocycles. The summed E-state index contributed by atoms with van der Waals surface area (Å²) in [6.45, 7) is 22.3. The first-order valence-electron chi connectivity index (χ1n) is 9.36. The van der Waals surface area contributed by atoms with E-state index in [1.807, 2.05) is 12.2 Å². The second kappa shape index (κ2) is 7.74. The Balaban J connectivity index is 3.19. The van der Waals surface area contributed by atoms with Gasteiger partial charge in [-0.15, -0.1) is 0 Å². The Hall–Kier alpha value is -0.696. The molecule has 1 aliphatic rings. The standard InChI is InChI=1S/C20H38O4Si2/c1-19(2,3)25(8,9)23-16-13-12-15(18(21)22-7)14-17(16)24-26(10,11)20(4,5)6/h12-14,16-17H,1-11H3/t16-,17-/m1/s1. The molecule has 0 bridgehead atoms. The van der Waals surface area contributed by atoms with Gasteiger partial charge in [-0.2, -0.15) is 0 Å². The molecular weight excluding hydrogens is 360 g/mol. The van der Waals surface area contributed by atoms with E-state index in [4.69, 9.17) is 13.6 Å². The van der Waals surface area contributed by atoms with E-state index in [1.165, 1.54) is 7.11 Å². The van der Waals surface area contributed by atoms with Gasteiger partial charge < -0.3 is 13.6 Å². The van der Waals surface area contributed by atoms with E-state index < -0.39 is 16.6 Å². The van der Waals surface area contributed by atoms with Gasteiger partial charge in [0, 0.05) is 0 Å². The number of esters is 1. The normalized spacial score (nSPS) is 22.2. The summed E-state index contributed by atoms with van der Waals surface area (Å²) >= 11 is 0. The van der Waals surface area contributed by atoms with Crippen LogP contribution in [-0.4, -0.2) is 41.9 Å². The maximum absolute atomic E-state index is 12.0. The highest BCUT2D eigenvalue weighted by atomic mass is 28.4. The van der Waals surface area contributed by atoms with Crippen LogP contribution < -0.4 is 0 Å². The second-order valence-corrected chi connectivity index (χ2v) is 19.7. The van der Waals surface area contributed by atoms with Crippen LogP contribution in [0.2, 0.25) is 36.3 Å². The minimum absolute atomic E-state index is 0.0783. The largest absolute Gasteiger partial charge is 0.465 e. The monoisotopic (exact) mass is 398 g/mol. The zero-order valence-corrected chi connectivity index (χ0v) is 20.5. The molecule has 0 aliphatic heterocycles. The number of hydrogen-bond acceptors (Lipinski definition) is 4. The first-order chi connectivity index (χ1) is 11.5. The lowest BCUT2D eigenvalue weighted by Crippen LogP contribution is -2.51. The molecule has 0 spiro atoms. The third-order valence-corrected chi connectivity index (χ3v) is 15.0. The summed E-state index contributed by atoms with van der Waals surface area (Å²) in [5.41, 5.74) is 0.534. The van der Waals surface area contributed by atoms with Crippen LogP contribution in [0.4, 0.5) is 0 Å². The highest BCUT2D eigenvalue weighted by Crippen LogP contribution is 2.41. The number of hydrogen-bond donors (Lipinski definition) is 0. The smallest absolute Gasteiger partial charge is 0.337 e. The molecule has 150 valence electrons. The summed E-state index contributed by atoms with van der Waals surface area (Å²) in [7, 11) is -2.60. The fourth-order valence-corrected chi connectivity index (χ4v) is 4.61. The molecule has 4 nitrogen and oxygen atoms in total. The van der Waals surface area contributed by atoms with Crippen LogP contribution in [0, 0.1) is 0 Å². The zero-order chi connectivity index (χ0) is 20.6. The Morgan fingerprint density at radius 2 is 1.31 bits per heavy atom. The van der Waals surface area contributed by atoms with Crippen molar-refractivity contribution in [3.05, 3.63) is 23.8 Å². The van der Waals surface area contributed by atoms with E-state index in [0.717, 1.165) is 0 Å². The highest BCUT2D eigenvalue weighted by Gasteiger charge is 2.44. The van der Waals surface area contributed by atoms with Crippen LogP contribution in [0.3, 0.4) is 0 Å². The third-order valence-electron chi connectivity index (χ3n) is 6.03. The van der Waals surface area contributed by atoms with Crippen LogP contribution in [0.25, 0.3) is 0 Å². The number of carbonyl (C=O) groups excluding carboxylic acids is 1. The van der Waals surface area contributed by atoms with Gasteiger partial charge in [0.1, 0.15) is 0 Å². The molecule has 0 aromatic carbocycles. The van der Waals surface area contributed by atoms with Crippen molar-refractivity contribution in [1.82, 2.24) is 0 Å². The van der Waals surface area contributed by atoms with E-state index in [0.29, 0.717) is 5.57 Å². The molecule has 0 fully saturated rings. The van der Waals surface area contributed by atoms with Gasteiger partial charge >= 0.3 is 5.97 Å². The van der Waals surface area contributed by atoms with E-state index in [9.17, 15) is 4.79 Å². The lowest BCUT2D eigenvalue weighted by molar-refractivity contribution is -0.135. The predicted octanol–water partition coefficient (Wildman–Crippen LogP) is 5.44. The van der Waals surface area contributed by atoms with E-state index >= 15 is 0 Å². The van der Waals surface area contributed by atoms with Crippen LogP contribution in [0.1, 0.15) is 41.5 Å². The summed E-state index contributed by atoms with van der Waals surface area (Å²) in [4.78, 5) is 12.0. The molecule has 0 radical (unpaired) electrons. The number of methoxy groups -OCH3 is 1. The lowest BCUT2D eigenvalue weighted by Gasteiger charge is -2.44. The van der Waals surface area contributed by atoms with Gasteiger partial charge in [-0.25, -0.2) is 4.79 Å². The van der Waals surface area contributed by atoms with E-state index in [2.05, 4.69) is 67.7 Å². The van der Waals surface area contributed by atoms with Crippen molar-refractivity contribution in [3.8, 4) is 0 Å². The molecule has 0 aromatic rings. The van der Waals surface area contributed by atoms with E-state index in [-0.39, 0.29) is 28.3 Å². The van der Waals surface area contributed by atoms with Gasteiger partial charge in [-0.05, 0) is 48.4 Å². The summed E-state index contributed by atoms with van der Waals surface area (Å²) in [6, 6.07) is 0. The molecule has 0 N–H and O–H groups in total. The molecule has 0 amide bonds. The molecule has 0 heterocycles. The minimum atomic E-state index is -2.03. The van der Waals surface area contributed by atoms with Crippen LogP contribution >= 0.6 is 0 Å². The van der Waals surface area contributed by atoms with Crippen LogP contribution in [0.15, 0.2) is 23.8 Å². The van der Waals surface area contributed by atoms with E-state index in [1.54, 1.807) is 6.08 Å². The average molecular weight is 399 g/mol. The minimum Gasteiger partial charge on any atom is -0.465 e. The maximum Gasteiger partial charge on any atom is 0.337 e. The Kier molecular flexibility index (Phi) is 6.95. The van der Waals surface area contributed by atoms with Crippen molar-refractivity contribution in [3.63, 3.8) is 0 Å². The number of carbonyl (C=O) groups is 1. The predicted molar refractivity (Wildman–Crippen MR) is 113 cm³/mol. The fraction of sp³-hybridized carbons (Fsp3) is 0.750. The number of ether oxygens (including phenoxy) is 1. The van der Waals surface area contributed by atoms with Gasteiger partial charge in [0.2, 0.25) is 0 Å². The fourth-order valence-electron chi connectivity index (χ4n) is 2.13. The molecule has 0 aromatic heterocycles. The molecular formula is C20H38O4Si2. The second-order valence-electron chi connectivity index (χ2n) is 10.2. The van der Waals surface area contributed by atoms with Crippen LogP contribution in [-0.2, 0) is 18.4 Å². The Morgan fingerprint density at radius 3 is 1.69 bits per heavy atom. The molecule has 2 atom stereocenters. The Morgan fingerprint density at radius 1 is 0.885 bits per heavy atom. The molecule has 26 heavy (non-hydrogen) atoms. The van der Waals surface area contributed by atoms with Crippen molar-refractivity contribution in [1.29, 1.82) is 0 Å². The van der Waals surface area contributed by atoms with Crippen molar-refractivity contribution in [2.45, 2.75) is 90.0 Å². The quantitative estimate of drug-likeness (QED) is 0.457. The van der Waals surface area contributed by atoms with Crippen molar-refractivity contribution in [2.24, 2.45) is 0 Å². The average Bonchev–Trinajstić information content (AvgIpc) is 2.45. The van der Waals surface area contributed by atoms with Gasteiger partial charge in [-0.1, -0.05) is 47.6 Å². The SMILES string of the molecule is COC(=O)C1=C[C@@H](O[Si](C)(C)C(C)(C)C)[C@H](O[Si](C)(C)C(C)(C)C)C=C1. The summed E-state index contributed by atoms with van der Waals surface area (Å²) < 4.78 is 18.2. The molecule has 6 heteroatoms. The summed E-state index contributed by atoms with van der Waals surface area (Å²) in [5.74, 6) is -0.337.